The molecule has 2 saturated carbocycles. The number of fused-ring (bicyclic) bond motifs is 1. The van der Waals surface area contributed by atoms with E-state index in [0.29, 0.717) is 0 Å². The molecule has 0 radical (unpaired) electrons. The molecule has 3 aliphatic rings. The standard InChI is InChI=1S/C5H7N/c1-2-4-3(1)6-5(2)4/h2-6H,1H2/p+1. The highest BCUT2D eigenvalue weighted by molar-refractivity contribution is 5.17. The Bertz CT molecular complexity index is 81.4. The Morgan fingerprint density at radius 3 is 2.50 bits per heavy atom. The monoisotopic (exact) mass is 82.1 g/mol. The van der Waals surface area contributed by atoms with Crippen molar-refractivity contribution in [2.24, 2.45) is 11.8 Å². The maximum absolute atomic E-state index is 2.54. The van der Waals surface area contributed by atoms with Crippen LogP contribution in [0.15, 0.2) is 0 Å². The summed E-state index contributed by atoms with van der Waals surface area (Å²) in [5, 5.41) is 2.54. The second kappa shape index (κ2) is 0.399. The zero-order valence-corrected chi connectivity index (χ0v) is 3.59. The summed E-state index contributed by atoms with van der Waals surface area (Å²) in [5.41, 5.74) is 0. The van der Waals surface area contributed by atoms with Crippen LogP contribution in [0.4, 0.5) is 0 Å². The molecule has 3 fully saturated rings. The molecule has 3 rings (SSSR count). The number of hydrogen-bond donors (Lipinski definition) is 1. The largest absolute Gasteiger partial charge is 0.340 e. The number of hydrogen-bond acceptors (Lipinski definition) is 0. The van der Waals surface area contributed by atoms with Crippen molar-refractivity contribution in [3.05, 3.63) is 0 Å². The van der Waals surface area contributed by atoms with Gasteiger partial charge >= 0.3 is 0 Å². The van der Waals surface area contributed by atoms with Crippen LogP contribution in [0.25, 0.3) is 0 Å². The van der Waals surface area contributed by atoms with Gasteiger partial charge in [-0.25, -0.2) is 0 Å². The molecule has 0 bridgehead atoms. The Morgan fingerprint density at radius 2 is 2.50 bits per heavy atom. The minimum Gasteiger partial charge on any atom is -0.340 e. The van der Waals surface area contributed by atoms with Crippen LogP contribution in [0.1, 0.15) is 6.42 Å². The zero-order chi connectivity index (χ0) is 3.72. The number of rotatable bonds is 0. The first-order valence-corrected chi connectivity index (χ1v) is 2.82. The van der Waals surface area contributed by atoms with Gasteiger partial charge in [-0.15, -0.1) is 0 Å². The fourth-order valence-corrected chi connectivity index (χ4v) is 2.24. The van der Waals surface area contributed by atoms with Crippen LogP contribution in [0, 0.1) is 11.8 Å². The summed E-state index contributed by atoms with van der Waals surface area (Å²) >= 11 is 0. The lowest BCUT2D eigenvalue weighted by Crippen LogP contribution is -2.98. The molecule has 6 heavy (non-hydrogen) atoms. The summed E-state index contributed by atoms with van der Waals surface area (Å²) < 4.78 is 0. The van der Waals surface area contributed by atoms with Crippen molar-refractivity contribution < 1.29 is 5.32 Å². The van der Waals surface area contributed by atoms with Gasteiger partial charge in [-0.1, -0.05) is 0 Å². The predicted octanol–water partition coefficient (Wildman–Crippen LogP) is -1.05. The van der Waals surface area contributed by atoms with E-state index in [2.05, 4.69) is 5.32 Å². The minimum absolute atomic E-state index is 1.12. The Kier molecular flexibility index (Phi) is 0.154. The Balaban J connectivity index is 2.21. The second-order valence-electron chi connectivity index (χ2n) is 2.91. The van der Waals surface area contributed by atoms with Gasteiger partial charge in [-0.05, 0) is 0 Å². The fraction of sp³-hybridized carbons (Fsp3) is 1.00. The Labute approximate surface area is 36.7 Å². The van der Waals surface area contributed by atoms with Gasteiger partial charge in [0.2, 0.25) is 0 Å². The molecule has 4 atom stereocenters. The third-order valence-corrected chi connectivity index (χ3v) is 2.80. The predicted molar refractivity (Wildman–Crippen MR) is 21.1 cm³/mol. The molecule has 0 aromatic carbocycles. The summed E-state index contributed by atoms with van der Waals surface area (Å²) in [6.45, 7) is 0. The van der Waals surface area contributed by atoms with Crippen LogP contribution >= 0.6 is 0 Å². The van der Waals surface area contributed by atoms with Crippen LogP contribution in [0.3, 0.4) is 0 Å². The molecule has 4 unspecified atom stereocenters. The molecule has 32 valence electrons. The van der Waals surface area contributed by atoms with Crippen LogP contribution in [-0.4, -0.2) is 12.1 Å². The van der Waals surface area contributed by atoms with E-state index in [4.69, 9.17) is 0 Å². The lowest BCUT2D eigenvalue weighted by Gasteiger charge is -2.22. The van der Waals surface area contributed by atoms with Gasteiger partial charge in [0.05, 0.1) is 18.0 Å². The topological polar surface area (TPSA) is 16.6 Å². The van der Waals surface area contributed by atoms with Crippen molar-refractivity contribution in [2.45, 2.75) is 18.5 Å². The highest BCUT2D eigenvalue weighted by Gasteiger charge is 2.77. The third-order valence-electron chi connectivity index (χ3n) is 2.80. The maximum Gasteiger partial charge on any atom is 0.0990 e. The van der Waals surface area contributed by atoms with Crippen LogP contribution in [-0.2, 0) is 0 Å². The number of nitrogens with two attached hydrogens (primary N) is 1. The van der Waals surface area contributed by atoms with E-state index in [0.717, 1.165) is 12.1 Å². The molecule has 0 spiro atoms. The van der Waals surface area contributed by atoms with E-state index in [1.54, 1.807) is 6.42 Å². The van der Waals surface area contributed by atoms with Gasteiger partial charge in [0, 0.05) is 12.3 Å². The molecule has 0 amide bonds. The van der Waals surface area contributed by atoms with Crippen molar-refractivity contribution in [3.8, 4) is 0 Å². The van der Waals surface area contributed by atoms with E-state index in [1.165, 1.54) is 11.8 Å². The van der Waals surface area contributed by atoms with Crippen LogP contribution in [0.5, 0.6) is 0 Å². The summed E-state index contributed by atoms with van der Waals surface area (Å²) in [7, 11) is 0. The summed E-state index contributed by atoms with van der Waals surface area (Å²) in [4.78, 5) is 0. The molecule has 2 aliphatic carbocycles. The molecule has 1 aliphatic heterocycles. The quantitative estimate of drug-likeness (QED) is 0.384. The first kappa shape index (κ1) is 2.31. The maximum atomic E-state index is 2.54. The second-order valence-corrected chi connectivity index (χ2v) is 2.91. The Hall–Kier alpha value is -0.0400. The summed E-state index contributed by atoms with van der Waals surface area (Å²) in [6, 6.07) is 2.27. The van der Waals surface area contributed by atoms with E-state index in [-0.39, 0.29) is 0 Å². The van der Waals surface area contributed by atoms with Crippen molar-refractivity contribution in [1.82, 2.24) is 0 Å². The summed E-state index contributed by atoms with van der Waals surface area (Å²) in [5.74, 6) is 2.46. The van der Waals surface area contributed by atoms with Crippen molar-refractivity contribution in [2.75, 3.05) is 0 Å². The third kappa shape index (κ3) is 0.0719. The average Bonchev–Trinajstić information content (AvgIpc) is 2.03. The molecule has 1 heterocycles. The lowest BCUT2D eigenvalue weighted by atomic mass is 9.92. The van der Waals surface area contributed by atoms with E-state index >= 15 is 0 Å². The van der Waals surface area contributed by atoms with Gasteiger partial charge in [0.1, 0.15) is 0 Å². The van der Waals surface area contributed by atoms with E-state index in [1.807, 2.05) is 0 Å². The van der Waals surface area contributed by atoms with Crippen LogP contribution < -0.4 is 5.32 Å². The lowest BCUT2D eigenvalue weighted by molar-refractivity contribution is -0.744. The van der Waals surface area contributed by atoms with Gasteiger partial charge in [-0.3, -0.25) is 0 Å². The molecule has 1 nitrogen and oxygen atoms in total. The molecule has 0 aromatic heterocycles. The zero-order valence-electron chi connectivity index (χ0n) is 3.59. The SMILES string of the molecule is C1C2[NH2+]C3C1C23. The minimum atomic E-state index is 1.12. The molecule has 1 saturated heterocycles. The molecule has 2 N–H and O–H groups in total. The molecular formula is C5H8N+. The number of piperidine rings is 1. The smallest absolute Gasteiger partial charge is 0.0990 e. The highest BCUT2D eigenvalue weighted by Crippen LogP contribution is 2.58. The van der Waals surface area contributed by atoms with Crippen LogP contribution in [0.2, 0.25) is 0 Å². The highest BCUT2D eigenvalue weighted by atomic mass is 15.2. The molecular weight excluding hydrogens is 74.1 g/mol. The molecule has 0 aromatic rings. The van der Waals surface area contributed by atoms with Gasteiger partial charge in [-0.2, -0.15) is 0 Å². The van der Waals surface area contributed by atoms with Crippen molar-refractivity contribution >= 4 is 0 Å². The van der Waals surface area contributed by atoms with E-state index < -0.39 is 0 Å². The van der Waals surface area contributed by atoms with Gasteiger partial charge in [0.25, 0.3) is 0 Å². The fourth-order valence-electron chi connectivity index (χ4n) is 2.24. The van der Waals surface area contributed by atoms with Crippen molar-refractivity contribution in [1.29, 1.82) is 0 Å². The Morgan fingerprint density at radius 1 is 1.50 bits per heavy atom. The number of quaternary nitrogens is 1. The summed E-state index contributed by atoms with van der Waals surface area (Å²) in [6.07, 6.45) is 1.56. The van der Waals surface area contributed by atoms with E-state index in [9.17, 15) is 0 Å². The molecule has 1 heteroatoms. The van der Waals surface area contributed by atoms with Gasteiger partial charge in [0.15, 0.2) is 0 Å². The van der Waals surface area contributed by atoms with Gasteiger partial charge < -0.3 is 5.32 Å². The first-order chi connectivity index (χ1) is 2.97. The van der Waals surface area contributed by atoms with Crippen molar-refractivity contribution in [3.63, 3.8) is 0 Å². The first-order valence-electron chi connectivity index (χ1n) is 2.82. The normalized spacial score (nSPS) is 80.0. The average molecular weight is 82.1 g/mol.